The Balaban J connectivity index is 3.27. The first kappa shape index (κ1) is 20.8. The summed E-state index contributed by atoms with van der Waals surface area (Å²) in [7, 11) is 0. The number of ether oxygens (including phenoxy) is 1. The van der Waals surface area contributed by atoms with E-state index in [9.17, 15) is 19.7 Å². The summed E-state index contributed by atoms with van der Waals surface area (Å²) in [6.45, 7) is 4.11. The molecule has 1 rings (SSSR count). The van der Waals surface area contributed by atoms with E-state index in [1.165, 1.54) is 18.2 Å². The van der Waals surface area contributed by atoms with Crippen molar-refractivity contribution >= 4 is 49.6 Å². The minimum Gasteiger partial charge on any atom is -0.464 e. The fourth-order valence-corrected chi connectivity index (χ4v) is 2.94. The summed E-state index contributed by atoms with van der Waals surface area (Å²) < 4.78 is 4.63. The molecule has 1 aromatic rings. The Morgan fingerprint density at radius 3 is 2.54 bits per heavy atom. The number of rotatable bonds is 9. The fourth-order valence-electron chi connectivity index (χ4n) is 2.10. The third-order valence-corrected chi connectivity index (χ3v) is 4.61. The third-order valence-electron chi connectivity index (χ3n) is 3.34. The van der Waals surface area contributed by atoms with Gasteiger partial charge in [-0.3, -0.25) is 20.2 Å². The highest BCUT2D eigenvalue weighted by Gasteiger charge is 2.46. The standard InChI is InChI=1S/C15H18ClIN2O5/c1-3-7-18-15(13(17)20,14(21)24-4-2)9-10-5-6-11(19(22)23)8-12(10)16/h5-6,8,18H,3-4,7,9H2,1-2H3. The number of esters is 1. The molecule has 1 aromatic carbocycles. The van der Waals surface area contributed by atoms with Gasteiger partial charge in [-0.2, -0.15) is 0 Å². The van der Waals surface area contributed by atoms with Crippen LogP contribution in [0.25, 0.3) is 0 Å². The molecule has 1 unspecified atom stereocenters. The van der Waals surface area contributed by atoms with Gasteiger partial charge in [-0.25, -0.2) is 4.79 Å². The molecule has 0 saturated heterocycles. The number of carbonyl (C=O) groups excluding carboxylic acids is 2. The average Bonchev–Trinajstić information content (AvgIpc) is 2.52. The Morgan fingerprint density at radius 1 is 1.42 bits per heavy atom. The Morgan fingerprint density at radius 2 is 2.08 bits per heavy atom. The van der Waals surface area contributed by atoms with E-state index in [1.54, 1.807) is 29.5 Å². The predicted molar refractivity (Wildman–Crippen MR) is 98.5 cm³/mol. The van der Waals surface area contributed by atoms with E-state index >= 15 is 0 Å². The number of benzene rings is 1. The van der Waals surface area contributed by atoms with Crippen LogP contribution in [0.2, 0.25) is 5.02 Å². The van der Waals surface area contributed by atoms with Crippen LogP contribution in [0.1, 0.15) is 25.8 Å². The Hall–Kier alpha value is -1.26. The molecule has 0 bridgehead atoms. The van der Waals surface area contributed by atoms with Crippen LogP contribution in [-0.4, -0.2) is 33.4 Å². The van der Waals surface area contributed by atoms with Crippen molar-refractivity contribution in [3.05, 3.63) is 38.9 Å². The summed E-state index contributed by atoms with van der Waals surface area (Å²) in [4.78, 5) is 34.9. The Kier molecular flexibility index (Phi) is 8.04. The summed E-state index contributed by atoms with van der Waals surface area (Å²) in [5, 5.41) is 13.9. The van der Waals surface area contributed by atoms with Crippen LogP contribution in [0.4, 0.5) is 5.69 Å². The maximum absolute atomic E-state index is 12.4. The molecule has 0 heterocycles. The largest absolute Gasteiger partial charge is 0.464 e. The van der Waals surface area contributed by atoms with Gasteiger partial charge in [0, 0.05) is 41.1 Å². The van der Waals surface area contributed by atoms with E-state index in [4.69, 9.17) is 16.3 Å². The van der Waals surface area contributed by atoms with E-state index in [1.807, 2.05) is 6.92 Å². The van der Waals surface area contributed by atoms with Crippen molar-refractivity contribution in [1.82, 2.24) is 5.32 Å². The molecule has 0 radical (unpaired) electrons. The van der Waals surface area contributed by atoms with Crippen LogP contribution >= 0.6 is 34.2 Å². The van der Waals surface area contributed by atoms with Gasteiger partial charge in [0.05, 0.1) is 16.6 Å². The van der Waals surface area contributed by atoms with Crippen LogP contribution in [0.3, 0.4) is 0 Å². The smallest absolute Gasteiger partial charge is 0.335 e. The molecule has 0 aromatic heterocycles. The molecule has 1 atom stereocenters. The second-order valence-electron chi connectivity index (χ2n) is 5.04. The first-order chi connectivity index (χ1) is 11.3. The highest BCUT2D eigenvalue weighted by Crippen LogP contribution is 2.28. The van der Waals surface area contributed by atoms with Gasteiger partial charge in [0.25, 0.3) is 5.69 Å². The molecule has 132 valence electrons. The normalized spacial score (nSPS) is 13.2. The molecule has 0 aliphatic heterocycles. The fraction of sp³-hybridized carbons (Fsp3) is 0.467. The van der Waals surface area contributed by atoms with Gasteiger partial charge in [-0.05, 0) is 25.5 Å². The minimum atomic E-state index is -1.58. The predicted octanol–water partition coefficient (Wildman–Crippen LogP) is 3.05. The topological polar surface area (TPSA) is 98.5 Å². The number of halogens is 2. The van der Waals surface area contributed by atoms with Gasteiger partial charge in [-0.1, -0.05) is 24.6 Å². The monoisotopic (exact) mass is 468 g/mol. The summed E-state index contributed by atoms with van der Waals surface area (Å²) in [6.07, 6.45) is 0.656. The highest BCUT2D eigenvalue weighted by atomic mass is 127. The Bertz CT molecular complexity index is 640. The van der Waals surface area contributed by atoms with Gasteiger partial charge < -0.3 is 4.74 Å². The number of nitrogens with one attached hydrogen (secondary N) is 1. The lowest BCUT2D eigenvalue weighted by atomic mass is 9.91. The molecule has 0 spiro atoms. The first-order valence-corrected chi connectivity index (χ1v) is 8.79. The summed E-state index contributed by atoms with van der Waals surface area (Å²) >= 11 is 7.66. The molecule has 0 aliphatic carbocycles. The summed E-state index contributed by atoms with van der Waals surface area (Å²) in [6, 6.07) is 3.93. The molecule has 0 fully saturated rings. The molecule has 0 amide bonds. The van der Waals surface area contributed by atoms with E-state index in [0.717, 1.165) is 0 Å². The number of non-ortho nitro benzene ring substituents is 1. The van der Waals surface area contributed by atoms with Gasteiger partial charge in [0.15, 0.2) is 5.54 Å². The highest BCUT2D eigenvalue weighted by molar-refractivity contribution is 14.1. The van der Waals surface area contributed by atoms with Crippen LogP contribution in [0.5, 0.6) is 0 Å². The second-order valence-corrected chi connectivity index (χ2v) is 6.42. The van der Waals surface area contributed by atoms with E-state index in [2.05, 4.69) is 5.32 Å². The van der Waals surface area contributed by atoms with Crippen molar-refractivity contribution < 1.29 is 19.2 Å². The zero-order valence-electron chi connectivity index (χ0n) is 13.3. The molecule has 7 nitrogen and oxygen atoms in total. The Labute approximate surface area is 158 Å². The van der Waals surface area contributed by atoms with Gasteiger partial charge >= 0.3 is 5.97 Å². The van der Waals surface area contributed by atoms with Crippen LogP contribution in [0.15, 0.2) is 18.2 Å². The maximum Gasteiger partial charge on any atom is 0.335 e. The number of hydrogen-bond acceptors (Lipinski definition) is 6. The first-order valence-electron chi connectivity index (χ1n) is 7.33. The van der Waals surface area contributed by atoms with Gasteiger partial charge in [0.1, 0.15) is 0 Å². The van der Waals surface area contributed by atoms with Crippen molar-refractivity contribution in [1.29, 1.82) is 0 Å². The lowest BCUT2D eigenvalue weighted by Gasteiger charge is -2.29. The third kappa shape index (κ3) is 4.87. The molecule has 0 aliphatic rings. The van der Waals surface area contributed by atoms with E-state index < -0.39 is 20.2 Å². The molecular formula is C15H18ClIN2O5. The average molecular weight is 469 g/mol. The molecule has 0 saturated carbocycles. The zero-order chi connectivity index (χ0) is 18.3. The maximum atomic E-state index is 12.4. The van der Waals surface area contributed by atoms with Gasteiger partial charge in [0.2, 0.25) is 3.79 Å². The molecule has 1 N–H and O–H groups in total. The molecular weight excluding hydrogens is 451 g/mol. The second kappa shape index (κ2) is 9.28. The number of carbonyl (C=O) groups is 2. The zero-order valence-corrected chi connectivity index (χ0v) is 16.2. The van der Waals surface area contributed by atoms with Crippen molar-refractivity contribution in [2.45, 2.75) is 32.2 Å². The summed E-state index contributed by atoms with van der Waals surface area (Å²) in [5.41, 5.74) is -1.29. The minimum absolute atomic E-state index is 0.0512. The lowest BCUT2D eigenvalue weighted by Crippen LogP contribution is -2.59. The van der Waals surface area contributed by atoms with Gasteiger partial charge in [-0.15, -0.1) is 0 Å². The van der Waals surface area contributed by atoms with Crippen LogP contribution in [-0.2, 0) is 20.7 Å². The van der Waals surface area contributed by atoms with Crippen molar-refractivity contribution in [3.8, 4) is 0 Å². The van der Waals surface area contributed by atoms with Crippen molar-refractivity contribution in [2.24, 2.45) is 0 Å². The SMILES string of the molecule is CCCNC(Cc1ccc([N+](=O)[O-])cc1Cl)(C(=O)I)C(=O)OCC. The van der Waals surface area contributed by atoms with E-state index in [0.29, 0.717) is 18.5 Å². The molecule has 24 heavy (non-hydrogen) atoms. The van der Waals surface area contributed by atoms with Crippen molar-refractivity contribution in [2.75, 3.05) is 13.2 Å². The van der Waals surface area contributed by atoms with Crippen LogP contribution < -0.4 is 5.32 Å². The number of nitro groups is 1. The van der Waals surface area contributed by atoms with Crippen LogP contribution in [0, 0.1) is 10.1 Å². The number of nitro benzene ring substituents is 1. The molecule has 9 heteroatoms. The number of hydrogen-bond donors (Lipinski definition) is 1. The number of nitrogens with zero attached hydrogens (tertiary/aromatic N) is 1. The summed E-state index contributed by atoms with van der Waals surface area (Å²) in [5.74, 6) is -0.688. The van der Waals surface area contributed by atoms with Crippen molar-refractivity contribution in [3.63, 3.8) is 0 Å². The quantitative estimate of drug-likeness (QED) is 0.149. The van der Waals surface area contributed by atoms with E-state index in [-0.39, 0.29) is 23.7 Å². The lowest BCUT2D eigenvalue weighted by molar-refractivity contribution is -0.384.